The van der Waals surface area contributed by atoms with Gasteiger partial charge in [0.25, 0.3) is 0 Å². The van der Waals surface area contributed by atoms with Gasteiger partial charge >= 0.3 is 12.1 Å². The Morgan fingerprint density at radius 1 is 1.33 bits per heavy atom. The predicted molar refractivity (Wildman–Crippen MR) is 41.3 cm³/mol. The van der Waals surface area contributed by atoms with Crippen molar-refractivity contribution >= 4 is 12.1 Å². The summed E-state index contributed by atoms with van der Waals surface area (Å²) in [6.07, 6.45) is -0.888. The number of hydrogen-bond donors (Lipinski definition) is 1. The Bertz CT molecular complexity index is 200. The van der Waals surface area contributed by atoms with Gasteiger partial charge in [0.2, 0.25) is 0 Å². The van der Waals surface area contributed by atoms with Crippen LogP contribution in [0.5, 0.6) is 0 Å². The van der Waals surface area contributed by atoms with E-state index in [0.717, 1.165) is 0 Å². The highest BCUT2D eigenvalue weighted by Crippen LogP contribution is 1.91. The molecule has 0 aromatic rings. The molecule has 12 heavy (non-hydrogen) atoms. The molecule has 0 saturated carbocycles. The fraction of sp³-hybridized carbons (Fsp3) is 0.429. The topological polar surface area (TPSA) is 78.6 Å². The summed E-state index contributed by atoms with van der Waals surface area (Å²) in [5, 5.41) is 0. The summed E-state index contributed by atoms with van der Waals surface area (Å²) in [7, 11) is 0. The van der Waals surface area contributed by atoms with Gasteiger partial charge in [0, 0.05) is 5.57 Å². The van der Waals surface area contributed by atoms with Crippen molar-refractivity contribution in [1.82, 2.24) is 0 Å². The van der Waals surface area contributed by atoms with E-state index in [4.69, 9.17) is 0 Å². The predicted octanol–water partition coefficient (Wildman–Crippen LogP) is 0.201. The second-order valence-electron chi connectivity index (χ2n) is 2.08. The van der Waals surface area contributed by atoms with Crippen LogP contribution in [0.4, 0.5) is 4.79 Å². The zero-order valence-electron chi connectivity index (χ0n) is 6.83. The van der Waals surface area contributed by atoms with Gasteiger partial charge in [-0.3, -0.25) is 0 Å². The fourth-order valence-electron chi connectivity index (χ4n) is 0.400. The van der Waals surface area contributed by atoms with Crippen LogP contribution >= 0.6 is 0 Å². The largest absolute Gasteiger partial charge is 0.459 e. The van der Waals surface area contributed by atoms with Gasteiger partial charge in [0.1, 0.15) is 13.2 Å². The molecule has 5 heteroatoms. The molecule has 2 N–H and O–H groups in total. The highest BCUT2D eigenvalue weighted by atomic mass is 16.6. The van der Waals surface area contributed by atoms with Gasteiger partial charge in [-0.05, 0) is 6.92 Å². The van der Waals surface area contributed by atoms with Crippen LogP contribution in [0.3, 0.4) is 0 Å². The Hall–Kier alpha value is -1.52. The van der Waals surface area contributed by atoms with Crippen LogP contribution in [0.15, 0.2) is 12.2 Å². The van der Waals surface area contributed by atoms with Crippen LogP contribution in [0.25, 0.3) is 0 Å². The summed E-state index contributed by atoms with van der Waals surface area (Å²) in [4.78, 5) is 20.7. The Morgan fingerprint density at radius 3 is 2.25 bits per heavy atom. The summed E-state index contributed by atoms with van der Waals surface area (Å²) in [6, 6.07) is 0. The number of rotatable bonds is 4. The lowest BCUT2D eigenvalue weighted by Crippen LogP contribution is -2.18. The Labute approximate surface area is 70.1 Å². The van der Waals surface area contributed by atoms with Gasteiger partial charge in [-0.15, -0.1) is 0 Å². The lowest BCUT2D eigenvalue weighted by molar-refractivity contribution is -0.139. The van der Waals surface area contributed by atoms with Gasteiger partial charge in [-0.1, -0.05) is 6.58 Å². The number of primary amides is 1. The molecule has 0 radical (unpaired) electrons. The first-order valence-electron chi connectivity index (χ1n) is 3.29. The molecule has 0 atom stereocenters. The van der Waals surface area contributed by atoms with Crippen molar-refractivity contribution in [3.05, 3.63) is 12.2 Å². The third-order valence-corrected chi connectivity index (χ3v) is 0.909. The van der Waals surface area contributed by atoms with E-state index in [1.807, 2.05) is 0 Å². The lowest BCUT2D eigenvalue weighted by Gasteiger charge is -2.03. The van der Waals surface area contributed by atoms with E-state index < -0.39 is 12.1 Å². The van der Waals surface area contributed by atoms with E-state index in [1.54, 1.807) is 0 Å². The molecule has 0 aromatic heterocycles. The smallest absolute Gasteiger partial charge is 0.404 e. The van der Waals surface area contributed by atoms with Gasteiger partial charge in [0.15, 0.2) is 0 Å². The van der Waals surface area contributed by atoms with E-state index in [-0.39, 0.29) is 13.2 Å². The molecule has 0 aromatic carbocycles. The average molecular weight is 173 g/mol. The number of hydrogen-bond acceptors (Lipinski definition) is 4. The molecular formula is C7H11NO4. The van der Waals surface area contributed by atoms with E-state index >= 15 is 0 Å². The van der Waals surface area contributed by atoms with Crippen LogP contribution < -0.4 is 5.73 Å². The molecule has 68 valence electrons. The van der Waals surface area contributed by atoms with Crippen molar-refractivity contribution in [2.45, 2.75) is 6.92 Å². The third-order valence-electron chi connectivity index (χ3n) is 0.909. The maximum atomic E-state index is 10.7. The van der Waals surface area contributed by atoms with Crippen LogP contribution in [0.1, 0.15) is 6.92 Å². The van der Waals surface area contributed by atoms with E-state index in [0.29, 0.717) is 5.57 Å². The second kappa shape index (κ2) is 5.17. The molecule has 1 amide bonds. The standard InChI is InChI=1S/C7H11NO4/c1-5(2)6(9)11-3-4-12-7(8)10/h1,3-4H2,2H3,(H2,8,10). The van der Waals surface area contributed by atoms with Gasteiger partial charge < -0.3 is 15.2 Å². The van der Waals surface area contributed by atoms with Crippen molar-refractivity contribution < 1.29 is 19.1 Å². The van der Waals surface area contributed by atoms with Crippen LogP contribution in [0, 0.1) is 0 Å². The summed E-state index contributed by atoms with van der Waals surface area (Å²) >= 11 is 0. The normalized spacial score (nSPS) is 8.75. The van der Waals surface area contributed by atoms with Crippen molar-refractivity contribution in [1.29, 1.82) is 0 Å². The molecule has 0 saturated heterocycles. The molecule has 0 bridgehead atoms. The minimum absolute atomic E-state index is 0.00532. The maximum absolute atomic E-state index is 10.7. The summed E-state index contributed by atoms with van der Waals surface area (Å²) in [5.41, 5.74) is 4.95. The maximum Gasteiger partial charge on any atom is 0.404 e. The minimum Gasteiger partial charge on any atom is -0.459 e. The molecule has 0 fully saturated rings. The Kier molecular flexibility index (Phi) is 4.52. The number of amides is 1. The highest BCUT2D eigenvalue weighted by molar-refractivity contribution is 5.86. The van der Waals surface area contributed by atoms with Crippen LogP contribution in [0.2, 0.25) is 0 Å². The van der Waals surface area contributed by atoms with Crippen molar-refractivity contribution in [3.8, 4) is 0 Å². The van der Waals surface area contributed by atoms with Gasteiger partial charge in [-0.25, -0.2) is 9.59 Å². The van der Waals surface area contributed by atoms with Crippen LogP contribution in [-0.4, -0.2) is 25.3 Å². The number of esters is 1. The number of carbonyl (C=O) groups is 2. The molecule has 5 nitrogen and oxygen atoms in total. The third kappa shape index (κ3) is 5.28. The minimum atomic E-state index is -0.888. The first kappa shape index (κ1) is 10.5. The molecule has 0 heterocycles. The monoisotopic (exact) mass is 173 g/mol. The zero-order valence-corrected chi connectivity index (χ0v) is 6.83. The Morgan fingerprint density at radius 2 is 1.83 bits per heavy atom. The molecule has 0 rings (SSSR count). The molecule has 0 spiro atoms. The van der Waals surface area contributed by atoms with E-state index in [2.05, 4.69) is 21.8 Å². The first-order chi connectivity index (χ1) is 5.54. The molecule has 0 aliphatic carbocycles. The number of ether oxygens (including phenoxy) is 2. The van der Waals surface area contributed by atoms with E-state index in [9.17, 15) is 9.59 Å². The number of carbonyl (C=O) groups excluding carboxylic acids is 2. The highest BCUT2D eigenvalue weighted by Gasteiger charge is 2.02. The SMILES string of the molecule is C=C(C)C(=O)OCCOC(N)=O. The zero-order chi connectivity index (χ0) is 9.56. The van der Waals surface area contributed by atoms with Crippen molar-refractivity contribution in [2.24, 2.45) is 5.73 Å². The summed E-state index contributed by atoms with van der Waals surface area (Å²) < 4.78 is 8.89. The van der Waals surface area contributed by atoms with Crippen molar-refractivity contribution in [3.63, 3.8) is 0 Å². The molecule has 0 aliphatic rings. The first-order valence-corrected chi connectivity index (χ1v) is 3.29. The quantitative estimate of drug-likeness (QED) is 0.374. The molecule has 0 aliphatic heterocycles. The number of nitrogens with two attached hydrogens (primary N) is 1. The van der Waals surface area contributed by atoms with Gasteiger partial charge in [0.05, 0.1) is 0 Å². The Balaban J connectivity index is 3.38. The van der Waals surface area contributed by atoms with Crippen LogP contribution in [-0.2, 0) is 14.3 Å². The summed E-state index contributed by atoms with van der Waals surface area (Å²) in [5.74, 6) is -0.511. The fourth-order valence-corrected chi connectivity index (χ4v) is 0.400. The summed E-state index contributed by atoms with van der Waals surface area (Å²) in [6.45, 7) is 4.85. The molecular weight excluding hydrogens is 162 g/mol. The van der Waals surface area contributed by atoms with Gasteiger partial charge in [-0.2, -0.15) is 0 Å². The van der Waals surface area contributed by atoms with E-state index in [1.165, 1.54) is 6.92 Å². The molecule has 0 unspecified atom stereocenters. The van der Waals surface area contributed by atoms with Crippen molar-refractivity contribution in [2.75, 3.05) is 13.2 Å². The lowest BCUT2D eigenvalue weighted by atomic mass is 10.4. The second-order valence-corrected chi connectivity index (χ2v) is 2.08. The average Bonchev–Trinajstić information content (AvgIpc) is 1.97.